The molecule has 11 atom stereocenters. The number of carboxylic acids is 1. The highest BCUT2D eigenvalue weighted by Gasteiger charge is 2.62. The smallest absolute Gasteiger partial charge is 0.471 e. The molecule has 2 heterocycles. The van der Waals surface area contributed by atoms with E-state index in [4.69, 9.17) is 47.4 Å². The Balaban J connectivity index is 1.88. The molecule has 2 aromatic rings. The summed E-state index contributed by atoms with van der Waals surface area (Å²) in [7, 11) is 1.22. The molecule has 3 N–H and O–H groups in total. The molecule has 1 amide bonds. The predicted molar refractivity (Wildman–Crippen MR) is 199 cm³/mol. The third kappa shape index (κ3) is 13.6. The molecular weight excluding hydrogens is 839 g/mol. The molecule has 0 spiro atoms. The van der Waals surface area contributed by atoms with E-state index in [0.29, 0.717) is 5.56 Å². The lowest BCUT2D eigenvalue weighted by atomic mass is 9.87. The van der Waals surface area contributed by atoms with Crippen LogP contribution in [0.4, 0.5) is 13.2 Å². The largest absolute Gasteiger partial charge is 0.477 e. The molecular formula is C40H48F3NO18. The highest BCUT2D eigenvalue weighted by Crippen LogP contribution is 2.40. The van der Waals surface area contributed by atoms with E-state index in [1.165, 1.54) is 7.11 Å². The van der Waals surface area contributed by atoms with Crippen LogP contribution in [0.3, 0.4) is 0 Å². The first-order chi connectivity index (χ1) is 29.2. The second-order valence-electron chi connectivity index (χ2n) is 14.1. The maximum Gasteiger partial charge on any atom is 0.471 e. The third-order valence-electron chi connectivity index (χ3n) is 9.37. The van der Waals surface area contributed by atoms with Gasteiger partial charge in [0.15, 0.2) is 18.5 Å². The summed E-state index contributed by atoms with van der Waals surface area (Å²) in [5.41, 5.74) is 1.34. The molecule has 0 saturated carbocycles. The Kier molecular flexibility index (Phi) is 17.7. The lowest BCUT2D eigenvalue weighted by molar-refractivity contribution is -0.373. The summed E-state index contributed by atoms with van der Waals surface area (Å²) in [4.78, 5) is 75.6. The summed E-state index contributed by atoms with van der Waals surface area (Å²) in [6.45, 7) is 1.99. The Morgan fingerprint density at radius 1 is 0.855 bits per heavy atom. The minimum atomic E-state index is -5.60. The Labute approximate surface area is 352 Å². The summed E-state index contributed by atoms with van der Waals surface area (Å²) in [5, 5.41) is 24.6. The van der Waals surface area contributed by atoms with E-state index in [9.17, 15) is 52.2 Å². The zero-order valence-corrected chi connectivity index (χ0v) is 34.1. The van der Waals surface area contributed by atoms with Gasteiger partial charge in [0.05, 0.1) is 32.3 Å². The topological polar surface area (TPSA) is 247 Å². The highest BCUT2D eigenvalue weighted by atomic mass is 19.4. The Morgan fingerprint density at radius 2 is 1.45 bits per heavy atom. The van der Waals surface area contributed by atoms with Crippen molar-refractivity contribution in [2.45, 2.75) is 120 Å². The van der Waals surface area contributed by atoms with Crippen LogP contribution in [-0.2, 0) is 89.3 Å². The van der Waals surface area contributed by atoms with Crippen molar-refractivity contribution in [3.8, 4) is 0 Å². The third-order valence-corrected chi connectivity index (χ3v) is 9.37. The van der Waals surface area contributed by atoms with Crippen molar-refractivity contribution in [2.75, 3.05) is 20.3 Å². The molecule has 2 aliphatic heterocycles. The summed E-state index contributed by atoms with van der Waals surface area (Å²) in [5.74, 6) is -12.4. The van der Waals surface area contributed by atoms with E-state index >= 15 is 0 Å². The van der Waals surface area contributed by atoms with Crippen LogP contribution in [0.15, 0.2) is 60.7 Å². The monoisotopic (exact) mass is 887 g/mol. The summed E-state index contributed by atoms with van der Waals surface area (Å²) < 4.78 is 98.3. The van der Waals surface area contributed by atoms with Crippen LogP contribution in [0, 0.1) is 0 Å². The average Bonchev–Trinajstić information content (AvgIpc) is 3.20. The zero-order chi connectivity index (χ0) is 45.8. The molecule has 62 heavy (non-hydrogen) atoms. The predicted octanol–water partition coefficient (Wildman–Crippen LogP) is 1.88. The number of hydrogen-bond donors (Lipinski definition) is 3. The van der Waals surface area contributed by atoms with Crippen molar-refractivity contribution in [1.82, 2.24) is 5.32 Å². The van der Waals surface area contributed by atoms with E-state index in [-0.39, 0.29) is 19.8 Å². The number of rotatable bonds is 19. The maximum absolute atomic E-state index is 13.9. The van der Waals surface area contributed by atoms with Gasteiger partial charge in [-0.3, -0.25) is 24.0 Å². The zero-order valence-electron chi connectivity index (χ0n) is 34.1. The number of esters is 4. The average molecular weight is 888 g/mol. The Hall–Kier alpha value is -5.23. The van der Waals surface area contributed by atoms with Crippen LogP contribution >= 0.6 is 0 Å². The first kappa shape index (κ1) is 49.4. The SMILES string of the molecule is CO[C@@H]1O[C@H](COCc2ccccc2)[C@H](O)[C@H](O[C@]2(C(=O)O)C[C@H](OC(C)=O)[C@@H](NC(=O)C(F)(F)F)[C@H]([C@H](OC(C)=O)[C@@H](COC(C)=O)OC(C)=O)O2)[C@H]1OCc1ccccc1. The number of benzene rings is 2. The van der Waals surface area contributed by atoms with Gasteiger partial charge in [-0.05, 0) is 11.1 Å². The summed E-state index contributed by atoms with van der Waals surface area (Å²) >= 11 is 0. The van der Waals surface area contributed by atoms with E-state index < -0.39 is 122 Å². The lowest BCUT2D eigenvalue weighted by Gasteiger charge is -2.51. The van der Waals surface area contributed by atoms with Crippen LogP contribution in [0.25, 0.3) is 0 Å². The van der Waals surface area contributed by atoms with E-state index in [2.05, 4.69) is 0 Å². The number of halogens is 3. The number of alkyl halides is 3. The molecule has 0 bridgehead atoms. The van der Waals surface area contributed by atoms with Crippen LogP contribution in [0.2, 0.25) is 0 Å². The van der Waals surface area contributed by atoms with Gasteiger partial charge in [0.25, 0.3) is 5.79 Å². The first-order valence-electron chi connectivity index (χ1n) is 19.0. The van der Waals surface area contributed by atoms with Crippen molar-refractivity contribution in [3.05, 3.63) is 71.8 Å². The second-order valence-corrected chi connectivity index (χ2v) is 14.1. The fourth-order valence-electron chi connectivity index (χ4n) is 6.75. The molecule has 2 aromatic carbocycles. The minimum absolute atomic E-state index is 0.0395. The first-order valence-corrected chi connectivity index (χ1v) is 19.0. The van der Waals surface area contributed by atoms with Crippen molar-refractivity contribution >= 4 is 35.8 Å². The van der Waals surface area contributed by atoms with Gasteiger partial charge in [-0.2, -0.15) is 13.2 Å². The van der Waals surface area contributed by atoms with Crippen LogP contribution in [0.1, 0.15) is 45.2 Å². The van der Waals surface area contributed by atoms with Gasteiger partial charge < -0.3 is 62.9 Å². The number of aliphatic hydroxyl groups excluding tert-OH is 1. The van der Waals surface area contributed by atoms with Gasteiger partial charge in [0, 0.05) is 34.8 Å². The fraction of sp³-hybridized carbons (Fsp3) is 0.550. The summed E-state index contributed by atoms with van der Waals surface area (Å²) in [6.07, 6.45) is -23.6. The number of ether oxygens (including phenoxy) is 10. The van der Waals surface area contributed by atoms with Gasteiger partial charge in [-0.15, -0.1) is 0 Å². The molecule has 0 unspecified atom stereocenters. The molecule has 2 fully saturated rings. The quantitative estimate of drug-likeness (QED) is 0.135. The Bertz CT molecular complexity index is 1840. The summed E-state index contributed by atoms with van der Waals surface area (Å²) in [6, 6.07) is 15.1. The normalized spacial score (nSPS) is 27.2. The van der Waals surface area contributed by atoms with Gasteiger partial charge in [-0.1, -0.05) is 60.7 Å². The molecule has 22 heteroatoms. The highest BCUT2D eigenvalue weighted by molar-refractivity contribution is 5.82. The number of nitrogens with one attached hydrogen (secondary N) is 1. The van der Waals surface area contributed by atoms with Crippen LogP contribution in [-0.4, -0.2) is 139 Å². The number of carboxylic acid groups (broad SMARTS) is 1. The molecule has 2 aliphatic rings. The lowest BCUT2D eigenvalue weighted by Crippen LogP contribution is -2.72. The molecule has 0 aliphatic carbocycles. The van der Waals surface area contributed by atoms with E-state index in [1.807, 2.05) is 0 Å². The molecule has 342 valence electrons. The molecule has 4 rings (SSSR count). The van der Waals surface area contributed by atoms with E-state index in [0.717, 1.165) is 33.3 Å². The minimum Gasteiger partial charge on any atom is -0.477 e. The van der Waals surface area contributed by atoms with Crippen LogP contribution in [0.5, 0.6) is 0 Å². The van der Waals surface area contributed by atoms with Gasteiger partial charge >= 0.3 is 41.9 Å². The van der Waals surface area contributed by atoms with Crippen molar-refractivity contribution in [1.29, 1.82) is 0 Å². The molecule has 0 radical (unpaired) electrons. The fourth-order valence-corrected chi connectivity index (χ4v) is 6.75. The Morgan fingerprint density at radius 3 is 1.97 bits per heavy atom. The molecule has 0 aromatic heterocycles. The number of carbonyl (C=O) groups excluding carboxylic acids is 5. The van der Waals surface area contributed by atoms with Gasteiger partial charge in [0.1, 0.15) is 43.2 Å². The number of aliphatic carboxylic acids is 1. The second kappa shape index (κ2) is 22.2. The van der Waals surface area contributed by atoms with Gasteiger partial charge in [0.2, 0.25) is 0 Å². The van der Waals surface area contributed by atoms with E-state index in [1.54, 1.807) is 66.0 Å². The van der Waals surface area contributed by atoms with Crippen molar-refractivity contribution in [3.63, 3.8) is 0 Å². The van der Waals surface area contributed by atoms with Crippen molar-refractivity contribution < 1.29 is 99.5 Å². The number of aliphatic hydroxyl groups is 1. The number of hydrogen-bond acceptors (Lipinski definition) is 17. The standard InChI is InChI=1S/C40H48F3NO18/c1-21(45)55-20-29(58-23(3)47)32(59-24(4)48)33-30(44-37(50)40(41,42)43)27(57-22(2)46)16-39(61-33,38(51)52)62-34-31(49)28(19-54-17-25-12-8-6-9-13-25)60-36(53-5)35(34)56-18-26-14-10-7-11-15-26/h6-15,27-36,49H,16-20H2,1-5H3,(H,44,50)(H,51,52)/t27-,28+,29+,30+,31-,32+,33+,34-,35+,36+,39-/m0/s1. The maximum atomic E-state index is 13.9. The van der Waals surface area contributed by atoms with Crippen LogP contribution < -0.4 is 5.32 Å². The van der Waals surface area contributed by atoms with Gasteiger partial charge in [-0.25, -0.2) is 4.79 Å². The number of amides is 1. The molecule has 19 nitrogen and oxygen atoms in total. The number of methoxy groups -OCH3 is 1. The number of carbonyl (C=O) groups is 6. The molecule has 2 saturated heterocycles. The van der Waals surface area contributed by atoms with Crippen molar-refractivity contribution in [2.24, 2.45) is 0 Å².